The van der Waals surface area contributed by atoms with Gasteiger partial charge in [-0.2, -0.15) is 0 Å². The fraction of sp³-hybridized carbons (Fsp3) is 0.750. The summed E-state index contributed by atoms with van der Waals surface area (Å²) in [7, 11) is 0. The van der Waals surface area contributed by atoms with Gasteiger partial charge in [0.15, 0.2) is 0 Å². The standard InChI is InChI=1S/C4H9O/c1-4(2,3)5/h5H,1H2,2-3H3/q-1. The first-order valence-electron chi connectivity index (χ1n) is 1.58. The van der Waals surface area contributed by atoms with E-state index in [2.05, 4.69) is 6.92 Å². The van der Waals surface area contributed by atoms with Crippen LogP contribution in [0.15, 0.2) is 0 Å². The maximum atomic E-state index is 8.41. The smallest absolute Gasteiger partial charge is 0.0643 e. The summed E-state index contributed by atoms with van der Waals surface area (Å²) in [6.45, 7) is 6.59. The third-order valence-corrected chi connectivity index (χ3v) is 0. The van der Waals surface area contributed by atoms with Crippen molar-refractivity contribution in [1.29, 1.82) is 0 Å². The van der Waals surface area contributed by atoms with Crippen LogP contribution in [0.2, 0.25) is 0 Å². The molecule has 0 aromatic carbocycles. The van der Waals surface area contributed by atoms with Gasteiger partial charge in [0.2, 0.25) is 0 Å². The molecule has 0 unspecified atom stereocenters. The molecule has 1 heteroatoms. The van der Waals surface area contributed by atoms with Gasteiger partial charge < -0.3 is 12.0 Å². The molecule has 0 bridgehead atoms. The number of aliphatic hydroxyl groups is 1. The second kappa shape index (κ2) is 0.977. The summed E-state index contributed by atoms with van der Waals surface area (Å²) in [5.74, 6) is 0. The fourth-order valence-corrected chi connectivity index (χ4v) is 0. The van der Waals surface area contributed by atoms with Gasteiger partial charge in [-0.05, 0) is 0 Å². The first-order chi connectivity index (χ1) is 2.00. The molecule has 0 saturated heterocycles. The predicted molar refractivity (Wildman–Crippen MR) is 21.7 cm³/mol. The monoisotopic (exact) mass is 73.1 g/mol. The van der Waals surface area contributed by atoms with Crippen LogP contribution < -0.4 is 0 Å². The van der Waals surface area contributed by atoms with Crippen LogP contribution in [0.25, 0.3) is 0 Å². The van der Waals surface area contributed by atoms with Crippen molar-refractivity contribution in [2.24, 2.45) is 0 Å². The zero-order valence-electron chi connectivity index (χ0n) is 3.65. The minimum Gasteiger partial charge on any atom is -0.423 e. The van der Waals surface area contributed by atoms with Gasteiger partial charge in [-0.3, -0.25) is 0 Å². The molecule has 0 spiro atoms. The maximum absolute atomic E-state index is 8.41. The Morgan fingerprint density at radius 2 is 1.60 bits per heavy atom. The summed E-state index contributed by atoms with van der Waals surface area (Å²) in [4.78, 5) is 0. The highest BCUT2D eigenvalue weighted by atomic mass is 16.3. The van der Waals surface area contributed by atoms with E-state index in [1.165, 1.54) is 0 Å². The summed E-state index contributed by atoms with van der Waals surface area (Å²) in [5.41, 5.74) is -0.750. The van der Waals surface area contributed by atoms with E-state index in [-0.39, 0.29) is 0 Å². The summed E-state index contributed by atoms with van der Waals surface area (Å²) in [5, 5.41) is 8.41. The first kappa shape index (κ1) is 4.96. The van der Waals surface area contributed by atoms with E-state index in [9.17, 15) is 0 Å². The van der Waals surface area contributed by atoms with Crippen LogP contribution in [-0.2, 0) is 0 Å². The van der Waals surface area contributed by atoms with Crippen molar-refractivity contribution in [3.8, 4) is 0 Å². The summed E-state index contributed by atoms with van der Waals surface area (Å²) in [6, 6.07) is 0. The number of hydrogen-bond donors (Lipinski definition) is 1. The van der Waals surface area contributed by atoms with E-state index in [1.54, 1.807) is 13.8 Å². The molecular formula is C4H9O-. The molecule has 0 radical (unpaired) electrons. The third-order valence-electron chi connectivity index (χ3n) is 0. The van der Waals surface area contributed by atoms with E-state index in [0.717, 1.165) is 0 Å². The minimum absolute atomic E-state index is 0.750. The normalized spacial score (nSPS) is 12.0. The molecule has 0 atom stereocenters. The Labute approximate surface area is 32.6 Å². The highest BCUT2D eigenvalue weighted by Crippen LogP contribution is 1.92. The fourth-order valence-electron chi connectivity index (χ4n) is 0. The molecule has 0 fully saturated rings. The van der Waals surface area contributed by atoms with Crippen molar-refractivity contribution in [1.82, 2.24) is 0 Å². The second-order valence-electron chi connectivity index (χ2n) is 1.81. The molecule has 5 heavy (non-hydrogen) atoms. The van der Waals surface area contributed by atoms with Gasteiger partial charge in [0.1, 0.15) is 0 Å². The van der Waals surface area contributed by atoms with Crippen molar-refractivity contribution in [2.75, 3.05) is 0 Å². The van der Waals surface area contributed by atoms with Gasteiger partial charge in [-0.15, -0.1) is 0 Å². The molecule has 0 heterocycles. The van der Waals surface area contributed by atoms with Crippen LogP contribution in [0.3, 0.4) is 0 Å². The molecule has 0 aliphatic carbocycles. The minimum atomic E-state index is -0.750. The highest BCUT2D eigenvalue weighted by molar-refractivity contribution is 4.64. The second-order valence-corrected chi connectivity index (χ2v) is 1.81. The van der Waals surface area contributed by atoms with E-state index in [4.69, 9.17) is 5.11 Å². The Bertz CT molecular complexity index is 19.1. The van der Waals surface area contributed by atoms with Gasteiger partial charge in [-0.25, -0.2) is 0 Å². The third kappa shape index (κ3) is 9510. The van der Waals surface area contributed by atoms with E-state index in [1.807, 2.05) is 0 Å². The lowest BCUT2D eigenvalue weighted by atomic mass is 10.2. The largest absolute Gasteiger partial charge is 0.423 e. The summed E-state index contributed by atoms with van der Waals surface area (Å²) >= 11 is 0. The summed E-state index contributed by atoms with van der Waals surface area (Å²) < 4.78 is 0. The quantitative estimate of drug-likeness (QED) is 0.416. The molecule has 0 rings (SSSR count). The SMILES string of the molecule is [CH2-]C(C)(C)O. The van der Waals surface area contributed by atoms with Crippen LogP contribution >= 0.6 is 0 Å². The molecule has 0 aromatic heterocycles. The van der Waals surface area contributed by atoms with Crippen LogP contribution in [-0.4, -0.2) is 10.7 Å². The van der Waals surface area contributed by atoms with E-state index < -0.39 is 5.60 Å². The van der Waals surface area contributed by atoms with E-state index in [0.29, 0.717) is 0 Å². The Morgan fingerprint density at radius 3 is 1.60 bits per heavy atom. The lowest BCUT2D eigenvalue weighted by molar-refractivity contribution is 0.130. The zero-order valence-corrected chi connectivity index (χ0v) is 3.65. The molecule has 0 aromatic rings. The molecule has 0 aliphatic rings. The van der Waals surface area contributed by atoms with Crippen molar-refractivity contribution >= 4 is 0 Å². The van der Waals surface area contributed by atoms with Gasteiger partial charge in [0, 0.05) is 0 Å². The lowest BCUT2D eigenvalue weighted by Gasteiger charge is -2.15. The van der Waals surface area contributed by atoms with Crippen LogP contribution in [0, 0.1) is 6.92 Å². The Morgan fingerprint density at radius 1 is 1.60 bits per heavy atom. The van der Waals surface area contributed by atoms with Gasteiger partial charge in [0.25, 0.3) is 0 Å². The first-order valence-corrected chi connectivity index (χ1v) is 1.58. The lowest BCUT2D eigenvalue weighted by Crippen LogP contribution is -2.10. The molecule has 1 nitrogen and oxygen atoms in total. The molecule has 0 saturated carbocycles. The van der Waals surface area contributed by atoms with Gasteiger partial charge in [-0.1, -0.05) is 19.4 Å². The predicted octanol–water partition coefficient (Wildman–Crippen LogP) is 0.591. The zero-order chi connectivity index (χ0) is 4.50. The Balaban J connectivity index is 3.02. The average Bonchev–Trinajstić information content (AvgIpc) is 0.722. The van der Waals surface area contributed by atoms with Crippen LogP contribution in [0.5, 0.6) is 0 Å². The van der Waals surface area contributed by atoms with E-state index >= 15 is 0 Å². The van der Waals surface area contributed by atoms with Crippen molar-refractivity contribution in [3.63, 3.8) is 0 Å². The Hall–Kier alpha value is -0.0400. The van der Waals surface area contributed by atoms with Gasteiger partial charge >= 0.3 is 0 Å². The Kier molecular flexibility index (Phi) is 0.969. The highest BCUT2D eigenvalue weighted by Gasteiger charge is 1.87. The molecule has 0 aliphatic heterocycles. The van der Waals surface area contributed by atoms with Crippen LogP contribution in [0.4, 0.5) is 0 Å². The average molecular weight is 73.1 g/mol. The molecule has 1 N–H and O–H groups in total. The summed E-state index contributed by atoms with van der Waals surface area (Å²) in [6.07, 6.45) is 0. The molecular weight excluding hydrogens is 64.0 g/mol. The van der Waals surface area contributed by atoms with Crippen molar-refractivity contribution in [3.05, 3.63) is 6.92 Å². The molecule has 0 amide bonds. The number of hydrogen-bond acceptors (Lipinski definition) is 1. The topological polar surface area (TPSA) is 20.2 Å². The number of rotatable bonds is 0. The van der Waals surface area contributed by atoms with Crippen molar-refractivity contribution < 1.29 is 5.11 Å². The maximum Gasteiger partial charge on any atom is -0.0643 e. The molecule has 32 valence electrons. The van der Waals surface area contributed by atoms with Gasteiger partial charge in [0.05, 0.1) is 0 Å². The van der Waals surface area contributed by atoms with Crippen molar-refractivity contribution in [2.45, 2.75) is 19.4 Å². The van der Waals surface area contributed by atoms with Crippen LogP contribution in [0.1, 0.15) is 13.8 Å².